The fourth-order valence-electron chi connectivity index (χ4n) is 3.00. The van der Waals surface area contributed by atoms with Crippen LogP contribution in [0, 0.1) is 17.7 Å². The highest BCUT2D eigenvalue weighted by Gasteiger charge is 2.33. The van der Waals surface area contributed by atoms with Gasteiger partial charge in [-0.1, -0.05) is 17.9 Å². The second-order valence-electron chi connectivity index (χ2n) is 5.47. The van der Waals surface area contributed by atoms with Gasteiger partial charge in [0.2, 0.25) is 0 Å². The summed E-state index contributed by atoms with van der Waals surface area (Å²) in [5.74, 6) is 5.21. The van der Waals surface area contributed by atoms with Gasteiger partial charge in [0.05, 0.1) is 24.3 Å². The van der Waals surface area contributed by atoms with E-state index in [1.807, 2.05) is 12.1 Å². The lowest BCUT2D eigenvalue weighted by Crippen LogP contribution is -2.41. The standard InChI is InChI=1S/C16H19FN2O/c17-16-6-3-12(8-13(16)2-1-7-18)9-19-10-14-4-5-15(11-19)20-14/h3,6,8,14-15H,4-5,7,9-11,18H2. The molecule has 2 unspecified atom stereocenters. The van der Waals surface area contributed by atoms with Crippen LogP contribution in [0.4, 0.5) is 4.39 Å². The average Bonchev–Trinajstić information content (AvgIpc) is 2.78. The van der Waals surface area contributed by atoms with Crippen molar-refractivity contribution in [2.45, 2.75) is 31.6 Å². The van der Waals surface area contributed by atoms with Gasteiger partial charge in [-0.25, -0.2) is 4.39 Å². The quantitative estimate of drug-likeness (QED) is 0.831. The van der Waals surface area contributed by atoms with Gasteiger partial charge >= 0.3 is 0 Å². The summed E-state index contributed by atoms with van der Waals surface area (Å²) in [6, 6.07) is 5.15. The molecule has 0 aromatic heterocycles. The third kappa shape index (κ3) is 3.01. The van der Waals surface area contributed by atoms with Crippen molar-refractivity contribution in [1.29, 1.82) is 0 Å². The molecule has 2 aliphatic rings. The van der Waals surface area contributed by atoms with Gasteiger partial charge in [-0.15, -0.1) is 0 Å². The summed E-state index contributed by atoms with van der Waals surface area (Å²) < 4.78 is 19.5. The zero-order chi connectivity index (χ0) is 13.9. The number of nitrogens with zero attached hydrogens (tertiary/aromatic N) is 1. The third-order valence-corrected chi connectivity index (χ3v) is 3.88. The Balaban J connectivity index is 1.71. The Hall–Kier alpha value is -1.41. The van der Waals surface area contributed by atoms with Crippen LogP contribution in [0.2, 0.25) is 0 Å². The summed E-state index contributed by atoms with van der Waals surface area (Å²) in [6.45, 7) is 3.01. The highest BCUT2D eigenvalue weighted by atomic mass is 19.1. The first-order chi connectivity index (χ1) is 9.74. The van der Waals surface area contributed by atoms with Crippen molar-refractivity contribution in [3.05, 3.63) is 35.1 Å². The summed E-state index contributed by atoms with van der Waals surface area (Å²) in [7, 11) is 0. The summed E-state index contributed by atoms with van der Waals surface area (Å²) >= 11 is 0. The van der Waals surface area contributed by atoms with Crippen LogP contribution in [0.15, 0.2) is 18.2 Å². The minimum absolute atomic E-state index is 0.247. The van der Waals surface area contributed by atoms with Gasteiger partial charge in [-0.05, 0) is 30.5 Å². The van der Waals surface area contributed by atoms with E-state index in [0.717, 1.165) is 38.0 Å². The molecule has 0 aliphatic carbocycles. The highest BCUT2D eigenvalue weighted by molar-refractivity contribution is 5.38. The fraction of sp³-hybridized carbons (Fsp3) is 0.500. The van der Waals surface area contributed by atoms with E-state index in [1.165, 1.54) is 6.07 Å². The number of nitrogens with two attached hydrogens (primary N) is 1. The van der Waals surface area contributed by atoms with E-state index in [-0.39, 0.29) is 12.4 Å². The molecule has 20 heavy (non-hydrogen) atoms. The van der Waals surface area contributed by atoms with E-state index >= 15 is 0 Å². The SMILES string of the molecule is NCC#Cc1cc(CN2CC3CCC(C2)O3)ccc1F. The van der Waals surface area contributed by atoms with Gasteiger partial charge in [-0.2, -0.15) is 0 Å². The number of benzene rings is 1. The zero-order valence-corrected chi connectivity index (χ0v) is 11.4. The van der Waals surface area contributed by atoms with Gasteiger partial charge in [0.1, 0.15) is 5.82 Å². The van der Waals surface area contributed by atoms with Crippen LogP contribution in [0.1, 0.15) is 24.0 Å². The summed E-state index contributed by atoms with van der Waals surface area (Å²) in [4.78, 5) is 2.39. The summed E-state index contributed by atoms with van der Waals surface area (Å²) in [5, 5.41) is 0. The highest BCUT2D eigenvalue weighted by Crippen LogP contribution is 2.27. The Morgan fingerprint density at radius 3 is 2.75 bits per heavy atom. The number of morpholine rings is 1. The van der Waals surface area contributed by atoms with E-state index in [1.54, 1.807) is 0 Å². The first-order valence-electron chi connectivity index (χ1n) is 7.10. The number of rotatable bonds is 2. The van der Waals surface area contributed by atoms with Crippen LogP contribution < -0.4 is 5.73 Å². The van der Waals surface area contributed by atoms with E-state index in [2.05, 4.69) is 16.7 Å². The molecule has 2 fully saturated rings. The lowest BCUT2D eigenvalue weighted by atomic mass is 10.1. The molecule has 2 bridgehead atoms. The molecule has 2 N–H and O–H groups in total. The number of hydrogen-bond donors (Lipinski definition) is 1. The van der Waals surface area contributed by atoms with Crippen LogP contribution in [0.5, 0.6) is 0 Å². The maximum atomic E-state index is 13.6. The molecule has 106 valence electrons. The lowest BCUT2D eigenvalue weighted by Gasteiger charge is -2.32. The number of hydrogen-bond acceptors (Lipinski definition) is 3. The van der Waals surface area contributed by atoms with E-state index < -0.39 is 0 Å². The molecule has 1 aromatic carbocycles. The molecule has 2 saturated heterocycles. The molecular formula is C16H19FN2O. The smallest absolute Gasteiger partial charge is 0.138 e. The predicted octanol–water partition coefficient (Wildman–Crippen LogP) is 1.50. The predicted molar refractivity (Wildman–Crippen MR) is 75.5 cm³/mol. The average molecular weight is 274 g/mol. The molecule has 2 atom stereocenters. The zero-order valence-electron chi connectivity index (χ0n) is 11.4. The molecule has 1 aromatic rings. The third-order valence-electron chi connectivity index (χ3n) is 3.88. The largest absolute Gasteiger partial charge is 0.372 e. The maximum absolute atomic E-state index is 13.6. The molecular weight excluding hydrogens is 255 g/mol. The first kappa shape index (κ1) is 13.6. The number of ether oxygens (including phenoxy) is 1. The Labute approximate surface area is 118 Å². The first-order valence-corrected chi connectivity index (χ1v) is 7.10. The molecule has 3 rings (SSSR count). The van der Waals surface area contributed by atoms with Gasteiger partial charge in [0, 0.05) is 19.6 Å². The Kier molecular flexibility index (Phi) is 4.02. The van der Waals surface area contributed by atoms with Crippen molar-refractivity contribution in [2.24, 2.45) is 5.73 Å². The van der Waals surface area contributed by atoms with Crippen LogP contribution in [-0.4, -0.2) is 36.7 Å². The van der Waals surface area contributed by atoms with Crippen molar-refractivity contribution in [3.63, 3.8) is 0 Å². The molecule has 2 heterocycles. The van der Waals surface area contributed by atoms with Gasteiger partial charge in [0.15, 0.2) is 0 Å². The van der Waals surface area contributed by atoms with Gasteiger partial charge in [-0.3, -0.25) is 4.90 Å². The van der Waals surface area contributed by atoms with Gasteiger partial charge < -0.3 is 10.5 Å². The molecule has 3 nitrogen and oxygen atoms in total. The summed E-state index contributed by atoms with van der Waals surface area (Å²) in [5.41, 5.74) is 6.86. The Morgan fingerprint density at radius 2 is 2.05 bits per heavy atom. The molecule has 4 heteroatoms. The molecule has 2 aliphatic heterocycles. The van der Waals surface area contributed by atoms with E-state index in [0.29, 0.717) is 17.8 Å². The number of halogens is 1. The van der Waals surface area contributed by atoms with Crippen LogP contribution in [0.25, 0.3) is 0 Å². The second-order valence-corrected chi connectivity index (χ2v) is 5.47. The fourth-order valence-corrected chi connectivity index (χ4v) is 3.00. The second kappa shape index (κ2) is 5.92. The minimum Gasteiger partial charge on any atom is -0.372 e. The van der Waals surface area contributed by atoms with Crippen molar-refractivity contribution >= 4 is 0 Å². The van der Waals surface area contributed by atoms with Crippen molar-refractivity contribution < 1.29 is 9.13 Å². The van der Waals surface area contributed by atoms with E-state index in [4.69, 9.17) is 10.5 Å². The molecule has 0 saturated carbocycles. The number of likely N-dealkylation sites (tertiary alicyclic amines) is 1. The van der Waals surface area contributed by atoms with E-state index in [9.17, 15) is 4.39 Å². The number of fused-ring (bicyclic) bond motifs is 2. The monoisotopic (exact) mass is 274 g/mol. The van der Waals surface area contributed by atoms with Crippen molar-refractivity contribution in [3.8, 4) is 11.8 Å². The van der Waals surface area contributed by atoms with Crippen molar-refractivity contribution in [2.75, 3.05) is 19.6 Å². The van der Waals surface area contributed by atoms with Gasteiger partial charge in [0.25, 0.3) is 0 Å². The lowest BCUT2D eigenvalue weighted by molar-refractivity contribution is -0.0410. The molecule has 0 amide bonds. The Morgan fingerprint density at radius 1 is 1.30 bits per heavy atom. The molecule has 0 radical (unpaired) electrons. The minimum atomic E-state index is -0.281. The summed E-state index contributed by atoms with van der Waals surface area (Å²) in [6.07, 6.45) is 3.09. The van der Waals surface area contributed by atoms with Crippen molar-refractivity contribution in [1.82, 2.24) is 4.90 Å². The normalized spacial score (nSPS) is 25.3. The van der Waals surface area contributed by atoms with Crippen LogP contribution >= 0.6 is 0 Å². The van der Waals surface area contributed by atoms with Crippen LogP contribution in [-0.2, 0) is 11.3 Å². The van der Waals surface area contributed by atoms with Crippen LogP contribution in [0.3, 0.4) is 0 Å². The molecule has 0 spiro atoms. The topological polar surface area (TPSA) is 38.5 Å². The maximum Gasteiger partial charge on any atom is 0.138 e. The Bertz CT molecular complexity index is 537.